The minimum absolute atomic E-state index is 0.233. The van der Waals surface area contributed by atoms with Gasteiger partial charge < -0.3 is 10.1 Å². The van der Waals surface area contributed by atoms with Gasteiger partial charge >= 0.3 is 0 Å². The van der Waals surface area contributed by atoms with Gasteiger partial charge in [0.1, 0.15) is 12.1 Å². The SMILES string of the molecule is C#CCOc1ncnc(NC)c1CCC. The van der Waals surface area contributed by atoms with E-state index in [1.165, 1.54) is 6.33 Å². The van der Waals surface area contributed by atoms with Crippen LogP contribution in [0.1, 0.15) is 18.9 Å². The molecule has 0 fully saturated rings. The first kappa shape index (κ1) is 11.3. The quantitative estimate of drug-likeness (QED) is 0.740. The number of nitrogens with one attached hydrogen (secondary N) is 1. The lowest BCUT2D eigenvalue weighted by Gasteiger charge is -2.11. The van der Waals surface area contributed by atoms with E-state index in [9.17, 15) is 0 Å². The summed E-state index contributed by atoms with van der Waals surface area (Å²) in [5, 5.41) is 3.01. The maximum absolute atomic E-state index is 5.35. The molecule has 0 saturated heterocycles. The van der Waals surface area contributed by atoms with Crippen LogP contribution in [0.2, 0.25) is 0 Å². The summed E-state index contributed by atoms with van der Waals surface area (Å²) in [6.45, 7) is 2.33. The van der Waals surface area contributed by atoms with Gasteiger partial charge in [-0.25, -0.2) is 9.97 Å². The van der Waals surface area contributed by atoms with Gasteiger partial charge in [0.15, 0.2) is 6.61 Å². The monoisotopic (exact) mass is 205 g/mol. The van der Waals surface area contributed by atoms with Gasteiger partial charge in [-0.3, -0.25) is 0 Å². The maximum atomic E-state index is 5.35. The van der Waals surface area contributed by atoms with Crippen molar-refractivity contribution in [2.45, 2.75) is 19.8 Å². The topological polar surface area (TPSA) is 47.0 Å². The molecule has 0 aliphatic rings. The van der Waals surface area contributed by atoms with Gasteiger partial charge in [-0.2, -0.15) is 0 Å². The van der Waals surface area contributed by atoms with Crippen LogP contribution in [-0.4, -0.2) is 23.6 Å². The van der Waals surface area contributed by atoms with Crippen molar-refractivity contribution < 1.29 is 4.74 Å². The fraction of sp³-hybridized carbons (Fsp3) is 0.455. The molecule has 1 aromatic heterocycles. The van der Waals surface area contributed by atoms with Crippen molar-refractivity contribution >= 4 is 5.82 Å². The highest BCUT2D eigenvalue weighted by Crippen LogP contribution is 2.22. The molecule has 1 N–H and O–H groups in total. The Hall–Kier alpha value is -1.76. The number of terminal acetylenes is 1. The first-order valence-corrected chi connectivity index (χ1v) is 4.91. The van der Waals surface area contributed by atoms with E-state index in [0.717, 1.165) is 24.2 Å². The van der Waals surface area contributed by atoms with Crippen LogP contribution in [0.4, 0.5) is 5.82 Å². The molecule has 0 aliphatic heterocycles. The number of aromatic nitrogens is 2. The molecule has 15 heavy (non-hydrogen) atoms. The Morgan fingerprint density at radius 1 is 1.53 bits per heavy atom. The summed E-state index contributed by atoms with van der Waals surface area (Å²) in [4.78, 5) is 8.21. The third kappa shape index (κ3) is 2.84. The highest BCUT2D eigenvalue weighted by Gasteiger charge is 2.10. The van der Waals surface area contributed by atoms with Crippen molar-refractivity contribution in [1.29, 1.82) is 0 Å². The van der Waals surface area contributed by atoms with Crippen LogP contribution in [0.3, 0.4) is 0 Å². The second-order valence-corrected chi connectivity index (χ2v) is 3.00. The molecule has 1 heterocycles. The number of hydrogen-bond donors (Lipinski definition) is 1. The normalized spacial score (nSPS) is 9.40. The smallest absolute Gasteiger partial charge is 0.222 e. The third-order valence-corrected chi connectivity index (χ3v) is 1.93. The Morgan fingerprint density at radius 3 is 2.93 bits per heavy atom. The van der Waals surface area contributed by atoms with Crippen molar-refractivity contribution in [3.63, 3.8) is 0 Å². The van der Waals surface area contributed by atoms with Crippen LogP contribution in [0, 0.1) is 12.3 Å². The molecule has 0 unspecified atom stereocenters. The Kier molecular flexibility index (Phi) is 4.42. The summed E-state index contributed by atoms with van der Waals surface area (Å²) < 4.78 is 5.35. The molecule has 1 aromatic rings. The van der Waals surface area contributed by atoms with Gasteiger partial charge in [0.25, 0.3) is 0 Å². The van der Waals surface area contributed by atoms with E-state index in [1.54, 1.807) is 0 Å². The number of hydrogen-bond acceptors (Lipinski definition) is 4. The van der Waals surface area contributed by atoms with Crippen molar-refractivity contribution in [1.82, 2.24) is 9.97 Å². The lowest BCUT2D eigenvalue weighted by molar-refractivity contribution is 0.350. The summed E-state index contributed by atoms with van der Waals surface area (Å²) in [7, 11) is 1.83. The summed E-state index contributed by atoms with van der Waals surface area (Å²) in [5.74, 6) is 3.80. The lowest BCUT2D eigenvalue weighted by atomic mass is 10.2. The second kappa shape index (κ2) is 5.86. The fourth-order valence-corrected chi connectivity index (χ4v) is 1.32. The minimum Gasteiger partial charge on any atom is -0.464 e. The zero-order valence-electron chi connectivity index (χ0n) is 9.08. The maximum Gasteiger partial charge on any atom is 0.222 e. The van der Waals surface area contributed by atoms with Crippen LogP contribution in [0.25, 0.3) is 0 Å². The predicted octanol–water partition coefficient (Wildman–Crippen LogP) is 1.48. The largest absolute Gasteiger partial charge is 0.464 e. The van der Waals surface area contributed by atoms with Gasteiger partial charge in [-0.1, -0.05) is 19.3 Å². The molecule has 0 bridgehead atoms. The third-order valence-electron chi connectivity index (χ3n) is 1.93. The Labute approximate surface area is 90.1 Å². The molecule has 1 rings (SSSR count). The first-order valence-electron chi connectivity index (χ1n) is 4.91. The van der Waals surface area contributed by atoms with E-state index in [2.05, 4.69) is 28.1 Å². The van der Waals surface area contributed by atoms with Gasteiger partial charge in [-0.15, -0.1) is 6.42 Å². The zero-order valence-corrected chi connectivity index (χ0v) is 9.08. The number of anilines is 1. The molecule has 0 aliphatic carbocycles. The van der Waals surface area contributed by atoms with E-state index in [0.29, 0.717) is 5.88 Å². The number of rotatable bonds is 5. The Bertz CT molecular complexity index is 357. The molecule has 0 atom stereocenters. The summed E-state index contributed by atoms with van der Waals surface area (Å²) in [5.41, 5.74) is 0.984. The minimum atomic E-state index is 0.233. The van der Waals surface area contributed by atoms with E-state index in [4.69, 9.17) is 11.2 Å². The Morgan fingerprint density at radius 2 is 2.33 bits per heavy atom. The molecule has 4 heteroatoms. The number of nitrogens with zero attached hydrogens (tertiary/aromatic N) is 2. The average Bonchev–Trinajstić information content (AvgIpc) is 2.28. The lowest BCUT2D eigenvalue weighted by Crippen LogP contribution is -2.05. The molecule has 80 valence electrons. The van der Waals surface area contributed by atoms with Crippen LogP contribution in [0.15, 0.2) is 6.33 Å². The van der Waals surface area contributed by atoms with E-state index in [1.807, 2.05) is 7.05 Å². The van der Waals surface area contributed by atoms with Crippen LogP contribution < -0.4 is 10.1 Å². The summed E-state index contributed by atoms with van der Waals surface area (Å²) >= 11 is 0. The zero-order chi connectivity index (χ0) is 11.1. The van der Waals surface area contributed by atoms with Gasteiger partial charge in [0.05, 0.1) is 5.56 Å². The predicted molar refractivity (Wildman–Crippen MR) is 59.9 cm³/mol. The molecular formula is C11H15N3O. The van der Waals surface area contributed by atoms with Crippen molar-refractivity contribution in [3.05, 3.63) is 11.9 Å². The molecule has 0 aromatic carbocycles. The van der Waals surface area contributed by atoms with Crippen molar-refractivity contribution in [3.8, 4) is 18.2 Å². The molecule has 0 amide bonds. The highest BCUT2D eigenvalue weighted by atomic mass is 16.5. The highest BCUT2D eigenvalue weighted by molar-refractivity contribution is 5.48. The van der Waals surface area contributed by atoms with Gasteiger partial charge in [0.2, 0.25) is 5.88 Å². The van der Waals surface area contributed by atoms with Crippen molar-refractivity contribution in [2.75, 3.05) is 19.0 Å². The fourth-order valence-electron chi connectivity index (χ4n) is 1.32. The molecule has 0 radical (unpaired) electrons. The van der Waals surface area contributed by atoms with E-state index < -0.39 is 0 Å². The first-order chi connectivity index (χ1) is 7.33. The average molecular weight is 205 g/mol. The Balaban J connectivity index is 2.97. The standard InChI is InChI=1S/C11H15N3O/c1-4-6-9-10(12-3)13-8-14-11(9)15-7-5-2/h2,8H,4,6-7H2,1,3H3,(H,12,13,14). The summed E-state index contributed by atoms with van der Waals surface area (Å²) in [6, 6.07) is 0. The molecule has 0 spiro atoms. The van der Waals surface area contributed by atoms with Crippen LogP contribution >= 0.6 is 0 Å². The molecular weight excluding hydrogens is 190 g/mol. The van der Waals surface area contributed by atoms with Crippen molar-refractivity contribution in [2.24, 2.45) is 0 Å². The molecule has 0 saturated carbocycles. The van der Waals surface area contributed by atoms with Crippen LogP contribution in [-0.2, 0) is 6.42 Å². The van der Waals surface area contributed by atoms with Crippen LogP contribution in [0.5, 0.6) is 5.88 Å². The van der Waals surface area contributed by atoms with E-state index >= 15 is 0 Å². The second-order valence-electron chi connectivity index (χ2n) is 3.00. The number of ether oxygens (including phenoxy) is 1. The summed E-state index contributed by atoms with van der Waals surface area (Å²) in [6.07, 6.45) is 8.49. The van der Waals surface area contributed by atoms with Gasteiger partial charge in [-0.05, 0) is 6.42 Å². The molecule has 4 nitrogen and oxygen atoms in total. The van der Waals surface area contributed by atoms with Gasteiger partial charge in [0, 0.05) is 7.05 Å². The van der Waals surface area contributed by atoms with E-state index in [-0.39, 0.29) is 6.61 Å².